The van der Waals surface area contributed by atoms with E-state index in [1.807, 2.05) is 0 Å². The normalized spacial score (nSPS) is 19.5. The lowest BCUT2D eigenvalue weighted by atomic mass is 9.97. The Bertz CT molecular complexity index is 928. The van der Waals surface area contributed by atoms with E-state index < -0.39 is 5.69 Å². The molecule has 2 aromatic rings. The third-order valence-electron chi connectivity index (χ3n) is 5.68. The molecule has 1 aliphatic carbocycles. The van der Waals surface area contributed by atoms with Gasteiger partial charge in [0.25, 0.3) is 5.56 Å². The Morgan fingerprint density at radius 1 is 1.15 bits per heavy atom. The molecule has 1 aliphatic rings. The largest absolute Gasteiger partial charge is 0.352 e. The number of unbranched alkanes of at least 4 members (excludes halogenated alkanes) is 1. The van der Waals surface area contributed by atoms with Crippen LogP contribution in [0, 0.1) is 5.92 Å². The first kappa shape index (κ1) is 19.4. The Labute approximate surface area is 159 Å². The number of carbonyl (C=O) groups excluding carboxylic acids is 1. The van der Waals surface area contributed by atoms with Gasteiger partial charge in [-0.1, -0.05) is 38.3 Å². The maximum atomic E-state index is 12.8. The number of fused-ring (bicyclic) bond motifs is 1. The summed E-state index contributed by atoms with van der Waals surface area (Å²) in [7, 11) is 0. The van der Waals surface area contributed by atoms with E-state index in [1.165, 1.54) is 15.6 Å². The molecule has 6 heteroatoms. The molecule has 1 saturated carbocycles. The van der Waals surface area contributed by atoms with E-state index in [4.69, 9.17) is 0 Å². The van der Waals surface area contributed by atoms with E-state index in [1.54, 1.807) is 31.2 Å². The van der Waals surface area contributed by atoms with Crippen molar-refractivity contribution in [2.24, 2.45) is 5.92 Å². The lowest BCUT2D eigenvalue weighted by Crippen LogP contribution is -2.44. The molecule has 2 atom stereocenters. The topological polar surface area (TPSA) is 73.1 Å². The highest BCUT2D eigenvalue weighted by atomic mass is 16.2. The van der Waals surface area contributed by atoms with Gasteiger partial charge in [0, 0.05) is 12.6 Å². The summed E-state index contributed by atoms with van der Waals surface area (Å²) >= 11 is 0. The van der Waals surface area contributed by atoms with Crippen molar-refractivity contribution in [3.05, 3.63) is 45.1 Å². The summed E-state index contributed by atoms with van der Waals surface area (Å²) in [6.45, 7) is 4.17. The van der Waals surface area contributed by atoms with Gasteiger partial charge in [-0.15, -0.1) is 0 Å². The molecule has 1 heterocycles. The molecule has 1 aromatic carbocycles. The fourth-order valence-electron chi connectivity index (χ4n) is 4.24. The number of aromatic nitrogens is 2. The minimum atomic E-state index is -0.426. The second-order valence-electron chi connectivity index (χ2n) is 7.44. The van der Waals surface area contributed by atoms with Gasteiger partial charge < -0.3 is 5.32 Å². The SMILES string of the molecule is CCCCC1CCCC1NC(=O)Cn1c(=O)n(CC)c(=O)c2ccccc21. The number of nitrogens with zero attached hydrogens (tertiary/aromatic N) is 2. The molecular weight excluding hydrogens is 342 g/mol. The van der Waals surface area contributed by atoms with Crippen LogP contribution in [0.25, 0.3) is 10.9 Å². The summed E-state index contributed by atoms with van der Waals surface area (Å²) in [5.74, 6) is 0.379. The van der Waals surface area contributed by atoms with Gasteiger partial charge in [-0.3, -0.25) is 18.7 Å². The molecule has 1 N–H and O–H groups in total. The smallest absolute Gasteiger partial charge is 0.331 e. The Morgan fingerprint density at radius 2 is 1.93 bits per heavy atom. The molecule has 2 unspecified atom stereocenters. The first-order valence-electron chi connectivity index (χ1n) is 10.1. The first-order chi connectivity index (χ1) is 13.1. The van der Waals surface area contributed by atoms with E-state index in [2.05, 4.69) is 12.2 Å². The van der Waals surface area contributed by atoms with Crippen molar-refractivity contribution >= 4 is 16.8 Å². The fourth-order valence-corrected chi connectivity index (χ4v) is 4.24. The summed E-state index contributed by atoms with van der Waals surface area (Å²) in [5, 5.41) is 3.61. The summed E-state index contributed by atoms with van der Waals surface area (Å²) in [4.78, 5) is 38.0. The van der Waals surface area contributed by atoms with E-state index >= 15 is 0 Å². The minimum Gasteiger partial charge on any atom is -0.352 e. The van der Waals surface area contributed by atoms with Crippen molar-refractivity contribution in [1.29, 1.82) is 0 Å². The highest BCUT2D eigenvalue weighted by molar-refractivity contribution is 5.81. The predicted molar refractivity (Wildman–Crippen MR) is 107 cm³/mol. The van der Waals surface area contributed by atoms with Gasteiger partial charge in [-0.05, 0) is 44.2 Å². The molecule has 27 heavy (non-hydrogen) atoms. The third kappa shape index (κ3) is 3.99. The molecule has 1 fully saturated rings. The molecule has 3 rings (SSSR count). The van der Waals surface area contributed by atoms with Crippen molar-refractivity contribution in [3.63, 3.8) is 0 Å². The molecule has 146 valence electrons. The van der Waals surface area contributed by atoms with Crippen LogP contribution in [0.5, 0.6) is 0 Å². The van der Waals surface area contributed by atoms with Crippen LogP contribution in [-0.4, -0.2) is 21.1 Å². The summed E-state index contributed by atoms with van der Waals surface area (Å²) in [6, 6.07) is 7.18. The van der Waals surface area contributed by atoms with Crippen LogP contribution in [-0.2, 0) is 17.9 Å². The van der Waals surface area contributed by atoms with Crippen molar-refractivity contribution < 1.29 is 4.79 Å². The highest BCUT2D eigenvalue weighted by Crippen LogP contribution is 2.29. The van der Waals surface area contributed by atoms with E-state index in [9.17, 15) is 14.4 Å². The average molecular weight is 371 g/mol. The molecule has 1 amide bonds. The van der Waals surface area contributed by atoms with Gasteiger partial charge in [0.15, 0.2) is 0 Å². The summed E-state index contributed by atoms with van der Waals surface area (Å²) in [5.41, 5.74) is -0.211. The van der Waals surface area contributed by atoms with Crippen LogP contribution in [0.2, 0.25) is 0 Å². The van der Waals surface area contributed by atoms with Gasteiger partial charge in [-0.2, -0.15) is 0 Å². The molecule has 6 nitrogen and oxygen atoms in total. The number of amides is 1. The quantitative estimate of drug-likeness (QED) is 0.813. The number of hydrogen-bond donors (Lipinski definition) is 1. The van der Waals surface area contributed by atoms with Crippen LogP contribution >= 0.6 is 0 Å². The molecule has 0 saturated heterocycles. The molecule has 1 aromatic heterocycles. The zero-order chi connectivity index (χ0) is 19.4. The van der Waals surface area contributed by atoms with Crippen molar-refractivity contribution in [2.45, 2.75) is 71.5 Å². The number of benzene rings is 1. The molecule has 0 aliphatic heterocycles. The second kappa shape index (κ2) is 8.55. The Hall–Kier alpha value is -2.37. The minimum absolute atomic E-state index is 0.0589. The molecule has 0 bridgehead atoms. The average Bonchev–Trinajstić information content (AvgIpc) is 3.10. The van der Waals surface area contributed by atoms with Crippen LogP contribution in [0.4, 0.5) is 0 Å². The van der Waals surface area contributed by atoms with Crippen LogP contribution in [0.1, 0.15) is 52.4 Å². The van der Waals surface area contributed by atoms with Gasteiger partial charge in [-0.25, -0.2) is 4.79 Å². The maximum Gasteiger partial charge on any atom is 0.331 e. The fraction of sp³-hybridized carbons (Fsp3) is 0.571. The summed E-state index contributed by atoms with van der Waals surface area (Å²) in [6.07, 6.45) is 6.80. The number of hydrogen-bond acceptors (Lipinski definition) is 3. The molecule has 0 spiro atoms. The van der Waals surface area contributed by atoms with Crippen molar-refractivity contribution in [1.82, 2.24) is 14.5 Å². The van der Waals surface area contributed by atoms with Crippen LogP contribution in [0.3, 0.4) is 0 Å². The third-order valence-corrected chi connectivity index (χ3v) is 5.68. The molecule has 0 radical (unpaired) electrons. The Kier molecular flexibility index (Phi) is 6.14. The predicted octanol–water partition coefficient (Wildman–Crippen LogP) is 2.66. The monoisotopic (exact) mass is 371 g/mol. The van der Waals surface area contributed by atoms with Crippen LogP contribution in [0.15, 0.2) is 33.9 Å². The highest BCUT2D eigenvalue weighted by Gasteiger charge is 2.28. The zero-order valence-electron chi connectivity index (χ0n) is 16.2. The van der Waals surface area contributed by atoms with Gasteiger partial charge in [0.05, 0.1) is 10.9 Å². The zero-order valence-corrected chi connectivity index (χ0v) is 16.2. The number of carbonyl (C=O) groups is 1. The van der Waals surface area contributed by atoms with Gasteiger partial charge in [0.1, 0.15) is 6.54 Å². The van der Waals surface area contributed by atoms with Crippen LogP contribution < -0.4 is 16.6 Å². The Balaban J connectivity index is 1.85. The van der Waals surface area contributed by atoms with Crippen molar-refractivity contribution in [2.75, 3.05) is 0 Å². The standard InChI is InChI=1S/C21H29N3O3/c1-3-5-9-15-10-8-12-17(15)22-19(25)14-24-18-13-7-6-11-16(18)20(26)23(4-2)21(24)27/h6-7,11,13,15,17H,3-5,8-10,12,14H2,1-2H3,(H,22,25). The van der Waals surface area contributed by atoms with Crippen molar-refractivity contribution in [3.8, 4) is 0 Å². The lowest BCUT2D eigenvalue weighted by molar-refractivity contribution is -0.122. The van der Waals surface area contributed by atoms with E-state index in [0.717, 1.165) is 32.1 Å². The van der Waals surface area contributed by atoms with E-state index in [-0.39, 0.29) is 30.6 Å². The number of para-hydroxylation sites is 1. The number of rotatable bonds is 7. The Morgan fingerprint density at radius 3 is 2.67 bits per heavy atom. The maximum absolute atomic E-state index is 12.8. The van der Waals surface area contributed by atoms with Gasteiger partial charge in [0.2, 0.25) is 5.91 Å². The molecular formula is C21H29N3O3. The summed E-state index contributed by atoms with van der Waals surface area (Å²) < 4.78 is 2.61. The van der Waals surface area contributed by atoms with E-state index in [0.29, 0.717) is 16.8 Å². The lowest BCUT2D eigenvalue weighted by Gasteiger charge is -2.21. The van der Waals surface area contributed by atoms with Gasteiger partial charge >= 0.3 is 5.69 Å². The second-order valence-corrected chi connectivity index (χ2v) is 7.44. The first-order valence-corrected chi connectivity index (χ1v) is 10.1. The number of nitrogens with one attached hydrogen (secondary N) is 1.